The molecule has 1 aromatic rings. The normalized spacial score (nSPS) is 10.4. The van der Waals surface area contributed by atoms with E-state index in [1.807, 2.05) is 6.08 Å². The predicted molar refractivity (Wildman–Crippen MR) is 74.8 cm³/mol. The van der Waals surface area contributed by atoms with Gasteiger partial charge in [-0.05, 0) is 37.0 Å². The Balaban J connectivity index is 0.000000673. The number of hydrogen-bond acceptors (Lipinski definition) is 0. The van der Waals surface area contributed by atoms with Crippen molar-refractivity contribution in [1.82, 2.24) is 0 Å². The molecule has 16 heavy (non-hydrogen) atoms. The third-order valence-electron chi connectivity index (χ3n) is 2.29. The molecule has 0 aliphatic heterocycles. The fourth-order valence-electron chi connectivity index (χ4n) is 1.32. The van der Waals surface area contributed by atoms with Crippen molar-refractivity contribution >= 4 is 0 Å². The number of aryl methyl sites for hydroxylation is 1. The Kier molecular flexibility index (Phi) is 8.24. The molecule has 0 aliphatic carbocycles. The summed E-state index contributed by atoms with van der Waals surface area (Å²) in [4.78, 5) is 0. The monoisotopic (exact) mass is 216 g/mol. The van der Waals surface area contributed by atoms with Gasteiger partial charge in [-0.1, -0.05) is 63.3 Å². The van der Waals surface area contributed by atoms with E-state index in [1.165, 1.54) is 23.1 Å². The first-order chi connectivity index (χ1) is 7.69. The van der Waals surface area contributed by atoms with E-state index >= 15 is 0 Å². The second-order valence-electron chi connectivity index (χ2n) is 3.88. The van der Waals surface area contributed by atoms with Crippen molar-refractivity contribution in [2.75, 3.05) is 0 Å². The zero-order valence-electron chi connectivity index (χ0n) is 11.1. The maximum atomic E-state index is 3.79. The molecule has 0 aromatic heterocycles. The van der Waals surface area contributed by atoms with Gasteiger partial charge in [0.25, 0.3) is 0 Å². The van der Waals surface area contributed by atoms with Gasteiger partial charge in [0.2, 0.25) is 0 Å². The molecule has 1 aromatic carbocycles. The molecule has 0 bridgehead atoms. The highest BCUT2D eigenvalue weighted by Crippen LogP contribution is 2.12. The van der Waals surface area contributed by atoms with Crippen LogP contribution in [0.2, 0.25) is 0 Å². The van der Waals surface area contributed by atoms with E-state index in [2.05, 4.69) is 64.6 Å². The van der Waals surface area contributed by atoms with Gasteiger partial charge in [0, 0.05) is 0 Å². The zero-order valence-corrected chi connectivity index (χ0v) is 11.1. The molecule has 0 unspecified atom stereocenters. The lowest BCUT2D eigenvalue weighted by atomic mass is 10.0. The molecule has 0 heteroatoms. The number of benzene rings is 1. The minimum atomic E-state index is 0.993. The largest absolute Gasteiger partial charge is 0.0988 e. The van der Waals surface area contributed by atoms with E-state index < -0.39 is 0 Å². The van der Waals surface area contributed by atoms with Crippen molar-refractivity contribution in [1.29, 1.82) is 0 Å². The van der Waals surface area contributed by atoms with Crippen LogP contribution < -0.4 is 0 Å². The summed E-state index contributed by atoms with van der Waals surface area (Å²) in [6, 6.07) is 8.47. The van der Waals surface area contributed by atoms with Crippen LogP contribution >= 0.6 is 0 Å². The minimum absolute atomic E-state index is 0.993. The van der Waals surface area contributed by atoms with Crippen LogP contribution in [0.15, 0.2) is 48.6 Å². The van der Waals surface area contributed by atoms with Crippen LogP contribution in [-0.2, 0) is 6.42 Å². The van der Waals surface area contributed by atoms with Crippen LogP contribution in [0.4, 0.5) is 0 Å². The molecule has 0 amide bonds. The van der Waals surface area contributed by atoms with E-state index in [-0.39, 0.29) is 0 Å². The molecule has 0 heterocycles. The smallest absolute Gasteiger partial charge is 0.00266 e. The molecule has 1 rings (SSSR count). The second-order valence-corrected chi connectivity index (χ2v) is 3.88. The summed E-state index contributed by atoms with van der Waals surface area (Å²) >= 11 is 0. The van der Waals surface area contributed by atoms with Crippen LogP contribution in [0.1, 0.15) is 38.3 Å². The van der Waals surface area contributed by atoms with Crippen LogP contribution in [0.5, 0.6) is 0 Å². The highest BCUT2D eigenvalue weighted by atomic mass is 14.0. The highest BCUT2D eigenvalue weighted by Gasteiger charge is 1.97. The molecule has 0 atom stereocenters. The van der Waals surface area contributed by atoms with Gasteiger partial charge in [-0.2, -0.15) is 0 Å². The molecule has 0 radical (unpaired) electrons. The summed E-state index contributed by atoms with van der Waals surface area (Å²) in [6.45, 7) is 12.2. The first-order valence-electron chi connectivity index (χ1n) is 6.01. The fraction of sp³-hybridized carbons (Fsp3) is 0.375. The van der Waals surface area contributed by atoms with Gasteiger partial charge in [-0.3, -0.25) is 0 Å². The summed E-state index contributed by atoms with van der Waals surface area (Å²) in [5, 5.41) is 0. The number of hydrogen-bond donors (Lipinski definition) is 0. The van der Waals surface area contributed by atoms with Crippen LogP contribution in [0, 0.1) is 6.92 Å². The summed E-state index contributed by atoms with van der Waals surface area (Å²) < 4.78 is 0. The van der Waals surface area contributed by atoms with Crippen molar-refractivity contribution in [3.63, 3.8) is 0 Å². The fourth-order valence-corrected chi connectivity index (χ4v) is 1.32. The minimum Gasteiger partial charge on any atom is -0.0988 e. The van der Waals surface area contributed by atoms with Crippen molar-refractivity contribution in [2.24, 2.45) is 0 Å². The Morgan fingerprint density at radius 3 is 2.25 bits per heavy atom. The first kappa shape index (κ1) is 14.7. The molecule has 0 saturated carbocycles. The molecule has 0 N–H and O–H groups in total. The lowest BCUT2D eigenvalue weighted by molar-refractivity contribution is 1.09. The Morgan fingerprint density at radius 1 is 1.25 bits per heavy atom. The van der Waals surface area contributed by atoms with Gasteiger partial charge in [0.15, 0.2) is 0 Å². The first-order valence-corrected chi connectivity index (χ1v) is 6.01. The van der Waals surface area contributed by atoms with E-state index in [9.17, 15) is 0 Å². The molecule has 0 saturated heterocycles. The molecular formula is C16H24. The Bertz CT molecular complexity index is 332. The van der Waals surface area contributed by atoms with E-state index in [0.717, 1.165) is 6.42 Å². The lowest BCUT2D eigenvalue weighted by Crippen LogP contribution is -1.90. The van der Waals surface area contributed by atoms with Crippen LogP contribution in [0.3, 0.4) is 0 Å². The second kappa shape index (κ2) is 8.96. The van der Waals surface area contributed by atoms with Gasteiger partial charge in [-0.25, -0.2) is 0 Å². The standard InChI is InChI=1S/C13H16.C3H8/c1-4-12(5-2)10-13-9-7-6-8-11(13)3;1-3-2/h4-9H,1,10H2,2-3H3;3H2,1-2H3/b12-5+;. The quantitative estimate of drug-likeness (QED) is 0.618. The molecule has 0 nitrogen and oxygen atoms in total. The van der Waals surface area contributed by atoms with Crippen molar-refractivity contribution in [2.45, 2.75) is 40.5 Å². The number of allylic oxidation sites excluding steroid dienone is 3. The Labute approximate surface area is 101 Å². The SMILES string of the molecule is C=C/C(=C\C)Cc1ccccc1C.CCC. The molecule has 0 aliphatic rings. The van der Waals surface area contributed by atoms with Gasteiger partial charge in [0.1, 0.15) is 0 Å². The maximum absolute atomic E-state index is 3.79. The summed E-state index contributed by atoms with van der Waals surface area (Å²) in [5.41, 5.74) is 4.02. The van der Waals surface area contributed by atoms with E-state index in [1.54, 1.807) is 0 Å². The van der Waals surface area contributed by atoms with Crippen LogP contribution in [-0.4, -0.2) is 0 Å². The average molecular weight is 216 g/mol. The lowest BCUT2D eigenvalue weighted by Gasteiger charge is -2.05. The molecule has 0 fully saturated rings. The van der Waals surface area contributed by atoms with Gasteiger partial charge < -0.3 is 0 Å². The molecule has 0 spiro atoms. The van der Waals surface area contributed by atoms with Crippen molar-refractivity contribution in [3.05, 3.63) is 59.7 Å². The third kappa shape index (κ3) is 5.55. The van der Waals surface area contributed by atoms with E-state index in [0.29, 0.717) is 0 Å². The molecule has 88 valence electrons. The predicted octanol–water partition coefficient (Wildman–Crippen LogP) is 5.09. The zero-order chi connectivity index (χ0) is 12.4. The third-order valence-corrected chi connectivity index (χ3v) is 2.29. The van der Waals surface area contributed by atoms with Crippen molar-refractivity contribution < 1.29 is 0 Å². The van der Waals surface area contributed by atoms with Gasteiger partial charge >= 0.3 is 0 Å². The van der Waals surface area contributed by atoms with Gasteiger partial charge in [-0.15, -0.1) is 0 Å². The summed E-state index contributed by atoms with van der Waals surface area (Å²) in [5.74, 6) is 0. The highest BCUT2D eigenvalue weighted by molar-refractivity contribution is 5.32. The molecular weight excluding hydrogens is 192 g/mol. The average Bonchev–Trinajstić information content (AvgIpc) is 2.29. The van der Waals surface area contributed by atoms with Crippen LogP contribution in [0.25, 0.3) is 0 Å². The maximum Gasteiger partial charge on any atom is -0.00266 e. The number of rotatable bonds is 3. The Morgan fingerprint density at radius 2 is 1.81 bits per heavy atom. The Hall–Kier alpha value is -1.30. The van der Waals surface area contributed by atoms with Gasteiger partial charge in [0.05, 0.1) is 0 Å². The van der Waals surface area contributed by atoms with Crippen molar-refractivity contribution in [3.8, 4) is 0 Å². The topological polar surface area (TPSA) is 0 Å². The summed E-state index contributed by atoms with van der Waals surface area (Å²) in [6.07, 6.45) is 6.28. The van der Waals surface area contributed by atoms with E-state index in [4.69, 9.17) is 0 Å². The summed E-state index contributed by atoms with van der Waals surface area (Å²) in [7, 11) is 0.